The number of anilines is 1. The fourth-order valence-electron chi connectivity index (χ4n) is 2.11. The normalized spacial score (nSPS) is 10.7. The highest BCUT2D eigenvalue weighted by Crippen LogP contribution is 2.35. The molecule has 0 aliphatic heterocycles. The van der Waals surface area contributed by atoms with E-state index in [1.54, 1.807) is 14.2 Å². The van der Waals surface area contributed by atoms with Crippen molar-refractivity contribution in [1.82, 2.24) is 4.98 Å². The second kappa shape index (κ2) is 4.72. The molecule has 2 N–H and O–H groups in total. The first kappa shape index (κ1) is 12.5. The van der Waals surface area contributed by atoms with Gasteiger partial charge in [0.25, 0.3) is 0 Å². The maximum Gasteiger partial charge on any atom is 0.162 e. The van der Waals surface area contributed by atoms with Crippen LogP contribution >= 0.6 is 0 Å². The van der Waals surface area contributed by atoms with Crippen LogP contribution in [0.3, 0.4) is 0 Å². The predicted molar refractivity (Wildman–Crippen MR) is 73.4 cm³/mol. The van der Waals surface area contributed by atoms with E-state index in [-0.39, 0.29) is 0 Å². The van der Waals surface area contributed by atoms with Crippen molar-refractivity contribution in [3.63, 3.8) is 0 Å². The van der Waals surface area contributed by atoms with Crippen LogP contribution in [0.25, 0.3) is 10.9 Å². The topological polar surface area (TPSA) is 57.4 Å². The number of aryl methyl sites for hydroxylation is 1. The molecule has 0 atom stereocenters. The van der Waals surface area contributed by atoms with Gasteiger partial charge in [0.1, 0.15) is 0 Å². The summed E-state index contributed by atoms with van der Waals surface area (Å²) in [6.45, 7) is 4.07. The summed E-state index contributed by atoms with van der Waals surface area (Å²) in [7, 11) is 3.22. The van der Waals surface area contributed by atoms with Gasteiger partial charge in [-0.25, -0.2) is 0 Å². The van der Waals surface area contributed by atoms with Gasteiger partial charge in [0.15, 0.2) is 11.5 Å². The van der Waals surface area contributed by atoms with Crippen LogP contribution in [-0.4, -0.2) is 19.2 Å². The van der Waals surface area contributed by atoms with E-state index in [9.17, 15) is 0 Å². The summed E-state index contributed by atoms with van der Waals surface area (Å²) in [6.07, 6.45) is 0.861. The largest absolute Gasteiger partial charge is 0.493 e. The third-order valence-electron chi connectivity index (χ3n) is 3.22. The quantitative estimate of drug-likeness (QED) is 0.904. The minimum absolute atomic E-state index is 0.669. The highest BCUT2D eigenvalue weighted by molar-refractivity contribution is 5.94. The number of rotatable bonds is 3. The lowest BCUT2D eigenvalue weighted by Crippen LogP contribution is -2.01. The van der Waals surface area contributed by atoms with E-state index in [0.29, 0.717) is 11.5 Å². The Hall–Kier alpha value is -1.97. The van der Waals surface area contributed by atoms with E-state index in [1.807, 2.05) is 19.1 Å². The Morgan fingerprint density at radius 1 is 1.17 bits per heavy atom. The Labute approximate surface area is 107 Å². The SMILES string of the molecule is CCc1nc2cc(OC)c(OC)cc2c(N)c1C. The summed E-state index contributed by atoms with van der Waals surface area (Å²) in [4.78, 5) is 4.62. The molecule has 2 rings (SSSR count). The van der Waals surface area contributed by atoms with Crippen LogP contribution in [0.4, 0.5) is 5.69 Å². The Bertz CT molecular complexity index is 594. The van der Waals surface area contributed by atoms with Gasteiger partial charge in [0.05, 0.1) is 19.7 Å². The molecule has 1 aromatic carbocycles. The van der Waals surface area contributed by atoms with Crippen LogP contribution in [0.5, 0.6) is 11.5 Å². The molecule has 0 unspecified atom stereocenters. The summed E-state index contributed by atoms with van der Waals surface area (Å²) >= 11 is 0. The van der Waals surface area contributed by atoms with Crippen LogP contribution in [0.2, 0.25) is 0 Å². The zero-order chi connectivity index (χ0) is 13.3. The van der Waals surface area contributed by atoms with Gasteiger partial charge in [-0.2, -0.15) is 0 Å². The second-order valence-electron chi connectivity index (χ2n) is 4.18. The van der Waals surface area contributed by atoms with Gasteiger partial charge in [-0.1, -0.05) is 6.92 Å². The monoisotopic (exact) mass is 246 g/mol. The third kappa shape index (κ3) is 1.83. The number of nitrogens with two attached hydrogens (primary N) is 1. The molecule has 0 saturated carbocycles. The molecular formula is C14H18N2O2. The molecule has 4 nitrogen and oxygen atoms in total. The number of benzene rings is 1. The number of pyridine rings is 1. The maximum atomic E-state index is 6.17. The molecule has 18 heavy (non-hydrogen) atoms. The van der Waals surface area contributed by atoms with E-state index in [0.717, 1.165) is 34.3 Å². The van der Waals surface area contributed by atoms with Gasteiger partial charge in [-0.05, 0) is 25.0 Å². The average Bonchev–Trinajstić information content (AvgIpc) is 2.41. The van der Waals surface area contributed by atoms with Gasteiger partial charge >= 0.3 is 0 Å². The molecule has 96 valence electrons. The number of ether oxygens (including phenoxy) is 2. The summed E-state index contributed by atoms with van der Waals surface area (Å²) in [5.41, 5.74) is 9.84. The molecule has 0 spiro atoms. The fourth-order valence-corrected chi connectivity index (χ4v) is 2.11. The molecule has 1 aromatic heterocycles. The molecule has 0 amide bonds. The maximum absolute atomic E-state index is 6.17. The van der Waals surface area contributed by atoms with Crippen LogP contribution in [-0.2, 0) is 6.42 Å². The molecule has 2 aromatic rings. The van der Waals surface area contributed by atoms with Gasteiger partial charge < -0.3 is 15.2 Å². The van der Waals surface area contributed by atoms with Crippen LogP contribution in [0.1, 0.15) is 18.2 Å². The van der Waals surface area contributed by atoms with Gasteiger partial charge in [0.2, 0.25) is 0 Å². The Balaban J connectivity index is 2.80. The molecule has 0 fully saturated rings. The average molecular weight is 246 g/mol. The third-order valence-corrected chi connectivity index (χ3v) is 3.22. The fraction of sp³-hybridized carbons (Fsp3) is 0.357. The van der Waals surface area contributed by atoms with Gasteiger partial charge in [-0.15, -0.1) is 0 Å². The van der Waals surface area contributed by atoms with Crippen LogP contribution < -0.4 is 15.2 Å². The second-order valence-corrected chi connectivity index (χ2v) is 4.18. The first-order valence-corrected chi connectivity index (χ1v) is 5.93. The first-order chi connectivity index (χ1) is 8.62. The first-order valence-electron chi connectivity index (χ1n) is 5.93. The Morgan fingerprint density at radius 2 is 1.78 bits per heavy atom. The summed E-state index contributed by atoms with van der Waals surface area (Å²) in [5.74, 6) is 1.34. The minimum Gasteiger partial charge on any atom is -0.493 e. The summed E-state index contributed by atoms with van der Waals surface area (Å²) in [6, 6.07) is 3.74. The van der Waals surface area contributed by atoms with Gasteiger partial charge in [-0.3, -0.25) is 4.98 Å². The number of nitrogen functional groups attached to an aromatic ring is 1. The van der Waals surface area contributed by atoms with E-state index in [1.165, 1.54) is 0 Å². The standard InChI is InChI=1S/C14H18N2O2/c1-5-10-8(2)14(15)9-6-12(17-3)13(18-4)7-11(9)16-10/h6-7H,5H2,1-4H3,(H2,15,16). The highest BCUT2D eigenvalue weighted by atomic mass is 16.5. The number of methoxy groups -OCH3 is 2. The van der Waals surface area contributed by atoms with Crippen molar-refractivity contribution in [1.29, 1.82) is 0 Å². The molecule has 0 aliphatic carbocycles. The number of fused-ring (bicyclic) bond motifs is 1. The van der Waals surface area contributed by atoms with Crippen molar-refractivity contribution in [2.75, 3.05) is 20.0 Å². The van der Waals surface area contributed by atoms with Crippen LogP contribution in [0.15, 0.2) is 12.1 Å². The molecule has 0 bridgehead atoms. The van der Waals surface area contributed by atoms with E-state index >= 15 is 0 Å². The van der Waals surface area contributed by atoms with E-state index in [4.69, 9.17) is 15.2 Å². The number of hydrogen-bond acceptors (Lipinski definition) is 4. The molecule has 1 heterocycles. The van der Waals surface area contributed by atoms with Gasteiger partial charge in [0, 0.05) is 22.8 Å². The number of aromatic nitrogens is 1. The van der Waals surface area contributed by atoms with Crippen LogP contribution in [0, 0.1) is 6.92 Å². The Kier molecular flexibility index (Phi) is 3.28. The van der Waals surface area contributed by atoms with E-state index in [2.05, 4.69) is 11.9 Å². The molecular weight excluding hydrogens is 228 g/mol. The Morgan fingerprint density at radius 3 is 2.33 bits per heavy atom. The number of hydrogen-bond donors (Lipinski definition) is 1. The highest BCUT2D eigenvalue weighted by Gasteiger charge is 2.12. The zero-order valence-electron chi connectivity index (χ0n) is 11.2. The summed E-state index contributed by atoms with van der Waals surface area (Å²) < 4.78 is 10.6. The van der Waals surface area contributed by atoms with Crippen molar-refractivity contribution < 1.29 is 9.47 Å². The lowest BCUT2D eigenvalue weighted by Gasteiger charge is -2.13. The summed E-state index contributed by atoms with van der Waals surface area (Å²) in [5, 5.41) is 0.905. The van der Waals surface area contributed by atoms with Crippen molar-refractivity contribution >= 4 is 16.6 Å². The molecule has 0 saturated heterocycles. The van der Waals surface area contributed by atoms with E-state index < -0.39 is 0 Å². The predicted octanol–water partition coefficient (Wildman–Crippen LogP) is 2.71. The molecule has 0 radical (unpaired) electrons. The lowest BCUT2D eigenvalue weighted by molar-refractivity contribution is 0.356. The van der Waals surface area contributed by atoms with Crippen molar-refractivity contribution in [2.45, 2.75) is 20.3 Å². The number of nitrogens with zero attached hydrogens (tertiary/aromatic N) is 1. The van der Waals surface area contributed by atoms with Crippen molar-refractivity contribution in [3.8, 4) is 11.5 Å². The minimum atomic E-state index is 0.669. The zero-order valence-corrected chi connectivity index (χ0v) is 11.2. The lowest BCUT2D eigenvalue weighted by atomic mass is 10.1. The molecule has 4 heteroatoms. The van der Waals surface area contributed by atoms with Crippen molar-refractivity contribution in [3.05, 3.63) is 23.4 Å². The van der Waals surface area contributed by atoms with Crippen molar-refractivity contribution in [2.24, 2.45) is 0 Å². The smallest absolute Gasteiger partial charge is 0.162 e. The molecule has 0 aliphatic rings.